The monoisotopic (exact) mass is 388 g/mol. The maximum Gasteiger partial charge on any atom is 0.229 e. The molecule has 0 fully saturated rings. The van der Waals surface area contributed by atoms with Crippen LogP contribution >= 0.6 is 0 Å². The summed E-state index contributed by atoms with van der Waals surface area (Å²) < 4.78 is 31.5. The molecular weight excluding hydrogens is 364 g/mol. The van der Waals surface area contributed by atoms with Gasteiger partial charge in [-0.15, -0.1) is 0 Å². The summed E-state index contributed by atoms with van der Waals surface area (Å²) in [5.41, 5.74) is 2.60. The zero-order chi connectivity index (χ0) is 19.3. The lowest BCUT2D eigenvalue weighted by atomic mass is 10.1. The molecule has 0 spiro atoms. The van der Waals surface area contributed by atoms with Crippen LogP contribution in [0.3, 0.4) is 0 Å². The number of anilines is 1. The van der Waals surface area contributed by atoms with E-state index in [1.165, 1.54) is 5.56 Å². The second-order valence-electron chi connectivity index (χ2n) is 6.39. The predicted molar refractivity (Wildman–Crippen MR) is 108 cm³/mol. The molecule has 0 aromatic heterocycles. The Labute approximate surface area is 159 Å². The number of aliphatic imine (C=N–C) groups is 1. The molecule has 3 rings (SSSR count). The molecule has 8 heteroatoms. The number of para-hydroxylation sites is 2. The molecule has 1 aliphatic rings. The Morgan fingerprint density at radius 3 is 2.63 bits per heavy atom. The van der Waals surface area contributed by atoms with Gasteiger partial charge in [0, 0.05) is 20.0 Å². The van der Waals surface area contributed by atoms with Crippen molar-refractivity contribution in [3.05, 3.63) is 59.7 Å². The van der Waals surface area contributed by atoms with E-state index in [2.05, 4.69) is 26.4 Å². The zero-order valence-electron chi connectivity index (χ0n) is 15.4. The van der Waals surface area contributed by atoms with Crippen LogP contribution in [-0.2, 0) is 23.0 Å². The smallest absolute Gasteiger partial charge is 0.229 e. The highest BCUT2D eigenvalue weighted by Gasteiger charge is 2.22. The minimum atomic E-state index is -3.33. The summed E-state index contributed by atoms with van der Waals surface area (Å²) in [6.07, 6.45) is 2.05. The third-order valence-corrected chi connectivity index (χ3v) is 4.78. The van der Waals surface area contributed by atoms with E-state index in [0.717, 1.165) is 24.0 Å². The molecule has 0 saturated heterocycles. The number of guanidine groups is 1. The number of hydrogen-bond acceptors (Lipinski definition) is 4. The van der Waals surface area contributed by atoms with Crippen LogP contribution in [0.4, 0.5) is 5.69 Å². The molecule has 1 aliphatic heterocycles. The van der Waals surface area contributed by atoms with Crippen LogP contribution in [0.2, 0.25) is 0 Å². The standard InChI is InChI=1S/C19H24N4O3S/c1-20-19(22-13-16-11-14-7-4-6-10-18(14)26-16)21-12-15-8-3-5-9-17(15)23-27(2,24)25/h3-10,16,23H,11-13H2,1-2H3,(H2,20,21,22). The summed E-state index contributed by atoms with van der Waals surface area (Å²) in [5.74, 6) is 1.57. The van der Waals surface area contributed by atoms with Crippen molar-refractivity contribution in [2.75, 3.05) is 24.6 Å². The first kappa shape index (κ1) is 19.0. The minimum Gasteiger partial charge on any atom is -0.488 e. The van der Waals surface area contributed by atoms with Gasteiger partial charge in [0.25, 0.3) is 0 Å². The van der Waals surface area contributed by atoms with Crippen LogP contribution in [0, 0.1) is 0 Å². The molecular formula is C19H24N4O3S. The van der Waals surface area contributed by atoms with Crippen molar-refractivity contribution in [1.29, 1.82) is 0 Å². The lowest BCUT2D eigenvalue weighted by molar-refractivity contribution is 0.235. The molecule has 144 valence electrons. The van der Waals surface area contributed by atoms with Crippen LogP contribution in [0.25, 0.3) is 0 Å². The fourth-order valence-electron chi connectivity index (χ4n) is 2.95. The van der Waals surface area contributed by atoms with Crippen molar-refractivity contribution in [3.63, 3.8) is 0 Å². The van der Waals surface area contributed by atoms with Crippen molar-refractivity contribution < 1.29 is 13.2 Å². The van der Waals surface area contributed by atoms with Crippen LogP contribution in [0.15, 0.2) is 53.5 Å². The minimum absolute atomic E-state index is 0.0557. The number of nitrogens with one attached hydrogen (secondary N) is 3. The Morgan fingerprint density at radius 1 is 1.15 bits per heavy atom. The average Bonchev–Trinajstić information content (AvgIpc) is 3.04. The molecule has 2 aromatic carbocycles. The van der Waals surface area contributed by atoms with Gasteiger partial charge in [-0.1, -0.05) is 36.4 Å². The number of fused-ring (bicyclic) bond motifs is 1. The maximum absolute atomic E-state index is 11.5. The molecule has 0 amide bonds. The largest absolute Gasteiger partial charge is 0.488 e. The lowest BCUT2D eigenvalue weighted by Gasteiger charge is -2.17. The summed E-state index contributed by atoms with van der Waals surface area (Å²) >= 11 is 0. The predicted octanol–water partition coefficient (Wildman–Crippen LogP) is 1.73. The van der Waals surface area contributed by atoms with Crippen molar-refractivity contribution in [2.24, 2.45) is 4.99 Å². The first-order chi connectivity index (χ1) is 12.9. The van der Waals surface area contributed by atoms with Gasteiger partial charge in [-0.25, -0.2) is 8.42 Å². The van der Waals surface area contributed by atoms with Gasteiger partial charge >= 0.3 is 0 Å². The molecule has 1 atom stereocenters. The second kappa shape index (κ2) is 8.30. The molecule has 27 heavy (non-hydrogen) atoms. The Morgan fingerprint density at radius 2 is 1.89 bits per heavy atom. The normalized spacial score (nSPS) is 16.4. The van der Waals surface area contributed by atoms with E-state index in [0.29, 0.717) is 24.7 Å². The van der Waals surface area contributed by atoms with Crippen molar-refractivity contribution >= 4 is 21.7 Å². The molecule has 2 aromatic rings. The van der Waals surface area contributed by atoms with Crippen molar-refractivity contribution in [3.8, 4) is 5.75 Å². The van der Waals surface area contributed by atoms with E-state index < -0.39 is 10.0 Å². The van der Waals surface area contributed by atoms with Gasteiger partial charge in [-0.2, -0.15) is 0 Å². The van der Waals surface area contributed by atoms with E-state index in [4.69, 9.17) is 4.74 Å². The molecule has 0 aliphatic carbocycles. The summed E-state index contributed by atoms with van der Waals surface area (Å²) in [4.78, 5) is 4.22. The number of ether oxygens (including phenoxy) is 1. The Kier molecular flexibility index (Phi) is 5.85. The van der Waals surface area contributed by atoms with Crippen LogP contribution in [0.1, 0.15) is 11.1 Å². The number of nitrogens with zero attached hydrogens (tertiary/aromatic N) is 1. The van der Waals surface area contributed by atoms with Gasteiger partial charge < -0.3 is 15.4 Å². The SMILES string of the molecule is CN=C(NCc1ccccc1NS(C)(=O)=O)NCC1Cc2ccccc2O1. The third kappa shape index (κ3) is 5.37. The third-order valence-electron chi connectivity index (χ3n) is 4.19. The van der Waals surface area contributed by atoms with Crippen LogP contribution in [0.5, 0.6) is 5.75 Å². The fraction of sp³-hybridized carbons (Fsp3) is 0.316. The van der Waals surface area contributed by atoms with E-state index in [9.17, 15) is 8.42 Å². The average molecular weight is 388 g/mol. The quantitative estimate of drug-likeness (QED) is 0.518. The van der Waals surface area contributed by atoms with Gasteiger partial charge in [0.05, 0.1) is 18.5 Å². The number of rotatable bonds is 6. The summed E-state index contributed by atoms with van der Waals surface area (Å²) in [5, 5.41) is 6.46. The molecule has 1 heterocycles. The molecule has 7 nitrogen and oxygen atoms in total. The Balaban J connectivity index is 1.53. The van der Waals surface area contributed by atoms with Crippen LogP contribution < -0.4 is 20.1 Å². The van der Waals surface area contributed by atoms with Gasteiger partial charge in [0.15, 0.2) is 5.96 Å². The van der Waals surface area contributed by atoms with E-state index >= 15 is 0 Å². The fourth-order valence-corrected chi connectivity index (χ4v) is 3.55. The maximum atomic E-state index is 11.5. The topological polar surface area (TPSA) is 91.8 Å². The molecule has 3 N–H and O–H groups in total. The van der Waals surface area contributed by atoms with E-state index in [1.54, 1.807) is 19.2 Å². The van der Waals surface area contributed by atoms with E-state index in [-0.39, 0.29) is 6.10 Å². The summed E-state index contributed by atoms with van der Waals surface area (Å²) in [6, 6.07) is 15.3. The Bertz CT molecular complexity index is 903. The van der Waals surface area contributed by atoms with Crippen LogP contribution in [-0.4, -0.2) is 40.3 Å². The first-order valence-corrected chi connectivity index (χ1v) is 10.6. The molecule has 0 bridgehead atoms. The second-order valence-corrected chi connectivity index (χ2v) is 8.14. The van der Waals surface area contributed by atoms with Crippen molar-refractivity contribution in [2.45, 2.75) is 19.1 Å². The lowest BCUT2D eigenvalue weighted by Crippen LogP contribution is -2.42. The first-order valence-electron chi connectivity index (χ1n) is 8.69. The number of hydrogen-bond donors (Lipinski definition) is 3. The number of benzene rings is 2. The Hall–Kier alpha value is -2.74. The van der Waals surface area contributed by atoms with Crippen molar-refractivity contribution in [1.82, 2.24) is 10.6 Å². The van der Waals surface area contributed by atoms with Gasteiger partial charge in [-0.3, -0.25) is 9.71 Å². The highest BCUT2D eigenvalue weighted by atomic mass is 32.2. The highest BCUT2D eigenvalue weighted by molar-refractivity contribution is 7.92. The molecule has 1 unspecified atom stereocenters. The van der Waals surface area contributed by atoms with E-state index in [1.807, 2.05) is 30.3 Å². The highest BCUT2D eigenvalue weighted by Crippen LogP contribution is 2.27. The molecule has 0 saturated carbocycles. The summed E-state index contributed by atoms with van der Waals surface area (Å²) in [6.45, 7) is 1.06. The van der Waals surface area contributed by atoms with Gasteiger partial charge in [0.2, 0.25) is 10.0 Å². The zero-order valence-corrected chi connectivity index (χ0v) is 16.2. The summed E-state index contributed by atoms with van der Waals surface area (Å²) in [7, 11) is -1.64. The number of sulfonamides is 1. The molecule has 0 radical (unpaired) electrons. The van der Waals surface area contributed by atoms with Gasteiger partial charge in [-0.05, 0) is 23.3 Å². The van der Waals surface area contributed by atoms with Gasteiger partial charge in [0.1, 0.15) is 11.9 Å².